The average molecular weight is 521 g/mol. The zero-order chi connectivity index (χ0) is 20.9. The summed E-state index contributed by atoms with van der Waals surface area (Å²) >= 11 is 0. The van der Waals surface area contributed by atoms with Gasteiger partial charge in [0, 0.05) is 19.2 Å². The van der Waals surface area contributed by atoms with Crippen LogP contribution in [0, 0.1) is 0 Å². The molecule has 0 spiro atoms. The fourth-order valence-electron chi connectivity index (χ4n) is 3.09. The van der Waals surface area contributed by atoms with E-state index < -0.39 is 0 Å². The summed E-state index contributed by atoms with van der Waals surface area (Å²) in [6.45, 7) is 10.1. The number of aliphatic imine (C=N–C) groups is 1. The standard InChI is InChI=1S/C23H31N5O.HI/c1-6-24-22(25-15-17-11-7-10-14-20(17)29-23(2,3)4)26-16-21-27-18-12-8-9-13-19(18)28(21)5;/h7-14H,6,15-16H2,1-5H3,(H2,24,25,26);1H. The van der Waals surface area contributed by atoms with Crippen LogP contribution in [0.4, 0.5) is 0 Å². The molecule has 0 atom stereocenters. The van der Waals surface area contributed by atoms with Crippen molar-refractivity contribution in [3.05, 3.63) is 59.9 Å². The van der Waals surface area contributed by atoms with E-state index in [1.807, 2.05) is 43.4 Å². The quantitative estimate of drug-likeness (QED) is 0.282. The monoisotopic (exact) mass is 521 g/mol. The molecule has 0 fully saturated rings. The summed E-state index contributed by atoms with van der Waals surface area (Å²) in [5.41, 5.74) is 2.94. The molecule has 3 rings (SSSR count). The van der Waals surface area contributed by atoms with Gasteiger partial charge < -0.3 is 19.9 Å². The number of halogens is 1. The molecule has 7 heteroatoms. The summed E-state index contributed by atoms with van der Waals surface area (Å²) in [7, 11) is 2.04. The number of para-hydroxylation sites is 3. The summed E-state index contributed by atoms with van der Waals surface area (Å²) in [5.74, 6) is 2.59. The van der Waals surface area contributed by atoms with Crippen LogP contribution in [-0.4, -0.2) is 27.7 Å². The van der Waals surface area contributed by atoms with Crippen molar-refractivity contribution in [2.45, 2.75) is 46.4 Å². The second kappa shape index (κ2) is 10.7. The lowest BCUT2D eigenvalue weighted by Gasteiger charge is -2.23. The maximum atomic E-state index is 6.08. The van der Waals surface area contributed by atoms with Crippen molar-refractivity contribution >= 4 is 41.0 Å². The van der Waals surface area contributed by atoms with Crippen molar-refractivity contribution in [1.29, 1.82) is 0 Å². The Morgan fingerprint density at radius 3 is 2.47 bits per heavy atom. The van der Waals surface area contributed by atoms with Crippen molar-refractivity contribution in [3.8, 4) is 5.75 Å². The van der Waals surface area contributed by atoms with Crippen LogP contribution in [0.3, 0.4) is 0 Å². The molecule has 0 aliphatic carbocycles. The Morgan fingerprint density at radius 2 is 1.77 bits per heavy atom. The molecule has 0 radical (unpaired) electrons. The molecular formula is C23H32IN5O. The first-order chi connectivity index (χ1) is 13.9. The van der Waals surface area contributed by atoms with Crippen molar-refractivity contribution in [2.24, 2.45) is 12.0 Å². The van der Waals surface area contributed by atoms with E-state index in [-0.39, 0.29) is 29.6 Å². The van der Waals surface area contributed by atoms with E-state index >= 15 is 0 Å². The summed E-state index contributed by atoms with van der Waals surface area (Å²) < 4.78 is 8.19. The first-order valence-electron chi connectivity index (χ1n) is 10.1. The SMILES string of the molecule is CCNC(=NCc1ccccc1OC(C)(C)C)NCc1nc2ccccc2n1C.I. The first-order valence-corrected chi connectivity index (χ1v) is 10.1. The molecule has 0 aliphatic heterocycles. The van der Waals surface area contributed by atoms with Gasteiger partial charge in [-0.25, -0.2) is 9.98 Å². The Morgan fingerprint density at radius 1 is 1.07 bits per heavy atom. The highest BCUT2D eigenvalue weighted by Crippen LogP contribution is 2.23. The molecular weight excluding hydrogens is 489 g/mol. The van der Waals surface area contributed by atoms with Gasteiger partial charge in [-0.15, -0.1) is 24.0 Å². The molecule has 0 bridgehead atoms. The number of guanidine groups is 1. The van der Waals surface area contributed by atoms with Crippen LogP contribution in [0.2, 0.25) is 0 Å². The number of benzene rings is 2. The number of imidazole rings is 1. The number of rotatable bonds is 6. The number of hydrogen-bond donors (Lipinski definition) is 2. The Bertz CT molecular complexity index is 991. The van der Waals surface area contributed by atoms with E-state index in [1.54, 1.807) is 0 Å². The minimum Gasteiger partial charge on any atom is -0.488 e. The van der Waals surface area contributed by atoms with Crippen LogP contribution in [0.25, 0.3) is 11.0 Å². The Kier molecular flexibility index (Phi) is 8.52. The van der Waals surface area contributed by atoms with Gasteiger partial charge in [0.2, 0.25) is 0 Å². The summed E-state index contributed by atoms with van der Waals surface area (Å²) in [6, 6.07) is 16.2. The van der Waals surface area contributed by atoms with Gasteiger partial charge in [0.05, 0.1) is 24.1 Å². The van der Waals surface area contributed by atoms with E-state index in [4.69, 9.17) is 14.7 Å². The minimum absolute atomic E-state index is 0. The molecule has 30 heavy (non-hydrogen) atoms. The average Bonchev–Trinajstić information content (AvgIpc) is 3.00. The molecule has 0 saturated carbocycles. The molecule has 3 aromatic rings. The number of aromatic nitrogens is 2. The minimum atomic E-state index is -0.247. The number of hydrogen-bond acceptors (Lipinski definition) is 3. The Hall–Kier alpha value is -2.29. The van der Waals surface area contributed by atoms with Crippen molar-refractivity contribution < 1.29 is 4.74 Å². The van der Waals surface area contributed by atoms with Crippen LogP contribution in [-0.2, 0) is 20.1 Å². The van der Waals surface area contributed by atoms with Gasteiger partial charge in [0.1, 0.15) is 17.2 Å². The lowest BCUT2D eigenvalue weighted by molar-refractivity contribution is 0.129. The first kappa shape index (κ1) is 24.0. The third-order valence-corrected chi connectivity index (χ3v) is 4.43. The molecule has 162 valence electrons. The van der Waals surface area contributed by atoms with E-state index in [0.717, 1.165) is 40.7 Å². The molecule has 2 aromatic carbocycles. The van der Waals surface area contributed by atoms with Gasteiger partial charge in [0.25, 0.3) is 0 Å². The van der Waals surface area contributed by atoms with Crippen LogP contribution in [0.1, 0.15) is 39.1 Å². The predicted octanol–water partition coefficient (Wildman–Crippen LogP) is 4.62. The predicted molar refractivity (Wildman–Crippen MR) is 135 cm³/mol. The Balaban J connectivity index is 0.00000320. The van der Waals surface area contributed by atoms with E-state index in [9.17, 15) is 0 Å². The molecule has 1 heterocycles. The summed E-state index contributed by atoms with van der Waals surface area (Å²) in [4.78, 5) is 9.47. The van der Waals surface area contributed by atoms with Gasteiger partial charge in [-0.2, -0.15) is 0 Å². The number of fused-ring (bicyclic) bond motifs is 1. The van der Waals surface area contributed by atoms with Crippen LogP contribution >= 0.6 is 24.0 Å². The second-order valence-corrected chi connectivity index (χ2v) is 7.95. The third-order valence-electron chi connectivity index (χ3n) is 4.43. The lowest BCUT2D eigenvalue weighted by Crippen LogP contribution is -2.37. The van der Waals surface area contributed by atoms with Crippen LogP contribution in [0.5, 0.6) is 5.75 Å². The van der Waals surface area contributed by atoms with Crippen LogP contribution < -0.4 is 15.4 Å². The number of aryl methyl sites for hydroxylation is 1. The van der Waals surface area contributed by atoms with Gasteiger partial charge in [-0.05, 0) is 45.9 Å². The highest BCUT2D eigenvalue weighted by Gasteiger charge is 2.14. The van der Waals surface area contributed by atoms with Gasteiger partial charge >= 0.3 is 0 Å². The number of ether oxygens (including phenoxy) is 1. The lowest BCUT2D eigenvalue weighted by atomic mass is 10.1. The fraction of sp³-hybridized carbons (Fsp3) is 0.391. The summed E-state index contributed by atoms with van der Waals surface area (Å²) in [5, 5.41) is 6.70. The Labute approximate surface area is 196 Å². The van der Waals surface area contributed by atoms with E-state index in [0.29, 0.717) is 13.1 Å². The zero-order valence-corrected chi connectivity index (χ0v) is 20.7. The topological polar surface area (TPSA) is 63.5 Å². The normalized spacial score (nSPS) is 11.8. The number of nitrogens with zero attached hydrogens (tertiary/aromatic N) is 3. The van der Waals surface area contributed by atoms with Gasteiger partial charge in [-0.3, -0.25) is 0 Å². The summed E-state index contributed by atoms with van der Waals surface area (Å²) in [6.07, 6.45) is 0. The van der Waals surface area contributed by atoms with Crippen molar-refractivity contribution in [3.63, 3.8) is 0 Å². The van der Waals surface area contributed by atoms with Crippen LogP contribution in [0.15, 0.2) is 53.5 Å². The van der Waals surface area contributed by atoms with Gasteiger partial charge in [-0.1, -0.05) is 30.3 Å². The second-order valence-electron chi connectivity index (χ2n) is 7.95. The maximum absolute atomic E-state index is 6.08. The molecule has 0 saturated heterocycles. The maximum Gasteiger partial charge on any atom is 0.191 e. The highest BCUT2D eigenvalue weighted by molar-refractivity contribution is 14.0. The largest absolute Gasteiger partial charge is 0.488 e. The molecule has 6 nitrogen and oxygen atoms in total. The molecule has 1 aromatic heterocycles. The van der Waals surface area contributed by atoms with Crippen molar-refractivity contribution in [1.82, 2.24) is 20.2 Å². The molecule has 0 unspecified atom stereocenters. The smallest absolute Gasteiger partial charge is 0.191 e. The van der Waals surface area contributed by atoms with Gasteiger partial charge in [0.15, 0.2) is 5.96 Å². The molecule has 2 N–H and O–H groups in total. The number of nitrogens with one attached hydrogen (secondary N) is 2. The third kappa shape index (κ3) is 6.35. The van der Waals surface area contributed by atoms with E-state index in [2.05, 4.69) is 55.0 Å². The molecule has 0 aliphatic rings. The zero-order valence-electron chi connectivity index (χ0n) is 18.4. The fourth-order valence-corrected chi connectivity index (χ4v) is 3.09. The highest BCUT2D eigenvalue weighted by atomic mass is 127. The van der Waals surface area contributed by atoms with E-state index in [1.165, 1.54) is 0 Å². The molecule has 0 amide bonds. The van der Waals surface area contributed by atoms with Crippen molar-refractivity contribution in [2.75, 3.05) is 6.54 Å².